The highest BCUT2D eigenvalue weighted by Gasteiger charge is 2.38. The number of amides is 1. The first-order valence-electron chi connectivity index (χ1n) is 8.49. The molecule has 2 heterocycles. The van der Waals surface area contributed by atoms with Gasteiger partial charge in [-0.15, -0.1) is 0 Å². The average Bonchev–Trinajstić information content (AvgIpc) is 2.54. The Morgan fingerprint density at radius 2 is 2.04 bits per heavy atom. The zero-order valence-electron chi connectivity index (χ0n) is 14.0. The Labute approximate surface area is 141 Å². The molecule has 6 heteroatoms. The topological polar surface area (TPSA) is 32.8 Å². The molecule has 1 atom stereocenters. The third kappa shape index (κ3) is 4.30. The van der Waals surface area contributed by atoms with Crippen molar-refractivity contribution in [1.29, 1.82) is 0 Å². The maximum atomic E-state index is 13.2. The minimum Gasteiger partial charge on any atom is -0.366 e. The summed E-state index contributed by atoms with van der Waals surface area (Å²) >= 11 is 0. The summed E-state index contributed by atoms with van der Waals surface area (Å²) in [5.74, 6) is -2.79. The first-order chi connectivity index (χ1) is 11.4. The van der Waals surface area contributed by atoms with Crippen molar-refractivity contribution in [3.8, 4) is 0 Å². The molecule has 1 unspecified atom stereocenters. The first kappa shape index (κ1) is 17.3. The summed E-state index contributed by atoms with van der Waals surface area (Å²) in [5, 5.41) is 0. The van der Waals surface area contributed by atoms with Gasteiger partial charge in [-0.25, -0.2) is 8.78 Å². The number of rotatable bonds is 3. The third-order valence-electron chi connectivity index (χ3n) is 4.72. The number of piperidine rings is 1. The number of benzene rings is 1. The standard InChI is InChI=1S/C18H24F2N2O2/c1-14-3-2-4-15(11-14)12-21-9-10-24-16(13-21)17(23)22-7-5-18(19,20)6-8-22/h2-4,11,16H,5-10,12-13H2,1H3. The average molecular weight is 338 g/mol. The van der Waals surface area contributed by atoms with E-state index in [0.29, 0.717) is 13.2 Å². The maximum Gasteiger partial charge on any atom is 0.253 e. The fourth-order valence-corrected chi connectivity index (χ4v) is 3.32. The molecule has 0 spiro atoms. The SMILES string of the molecule is Cc1cccc(CN2CCOC(C(=O)N3CCC(F)(F)CC3)C2)c1. The van der Waals surface area contributed by atoms with Crippen molar-refractivity contribution in [3.05, 3.63) is 35.4 Å². The molecule has 2 saturated heterocycles. The summed E-state index contributed by atoms with van der Waals surface area (Å²) in [6.45, 7) is 4.84. The summed E-state index contributed by atoms with van der Waals surface area (Å²) in [6.07, 6.45) is -1.05. The van der Waals surface area contributed by atoms with Gasteiger partial charge in [0.15, 0.2) is 0 Å². The van der Waals surface area contributed by atoms with Crippen LogP contribution in [0.3, 0.4) is 0 Å². The number of nitrogens with zero attached hydrogens (tertiary/aromatic N) is 2. The van der Waals surface area contributed by atoms with Gasteiger partial charge in [0, 0.05) is 45.6 Å². The van der Waals surface area contributed by atoms with Crippen LogP contribution in [0, 0.1) is 6.92 Å². The zero-order chi connectivity index (χ0) is 17.2. The second-order valence-corrected chi connectivity index (χ2v) is 6.76. The molecule has 0 saturated carbocycles. The largest absolute Gasteiger partial charge is 0.366 e. The lowest BCUT2D eigenvalue weighted by molar-refractivity contribution is -0.155. The van der Waals surface area contributed by atoms with Gasteiger partial charge in [0.1, 0.15) is 6.10 Å². The monoisotopic (exact) mass is 338 g/mol. The van der Waals surface area contributed by atoms with Crippen molar-refractivity contribution < 1.29 is 18.3 Å². The van der Waals surface area contributed by atoms with Gasteiger partial charge in [0.2, 0.25) is 0 Å². The van der Waals surface area contributed by atoms with E-state index in [4.69, 9.17) is 4.74 Å². The Hall–Kier alpha value is -1.53. The van der Waals surface area contributed by atoms with Gasteiger partial charge in [0.25, 0.3) is 11.8 Å². The number of hydrogen-bond donors (Lipinski definition) is 0. The van der Waals surface area contributed by atoms with E-state index in [2.05, 4.69) is 30.0 Å². The van der Waals surface area contributed by atoms with Crippen molar-refractivity contribution in [2.45, 2.75) is 38.3 Å². The van der Waals surface area contributed by atoms with Crippen LogP contribution >= 0.6 is 0 Å². The Bertz CT molecular complexity index is 584. The number of hydrogen-bond acceptors (Lipinski definition) is 3. The lowest BCUT2D eigenvalue weighted by Crippen LogP contribution is -2.53. The molecule has 2 fully saturated rings. The van der Waals surface area contributed by atoms with Gasteiger partial charge in [-0.1, -0.05) is 29.8 Å². The summed E-state index contributed by atoms with van der Waals surface area (Å²) in [4.78, 5) is 16.3. The molecule has 4 nitrogen and oxygen atoms in total. The molecule has 1 aromatic rings. The van der Waals surface area contributed by atoms with Crippen LogP contribution in [-0.2, 0) is 16.1 Å². The van der Waals surface area contributed by atoms with E-state index >= 15 is 0 Å². The number of ether oxygens (including phenoxy) is 1. The lowest BCUT2D eigenvalue weighted by Gasteiger charge is -2.37. The Morgan fingerprint density at radius 1 is 1.29 bits per heavy atom. The highest BCUT2D eigenvalue weighted by molar-refractivity contribution is 5.81. The maximum absolute atomic E-state index is 13.2. The number of morpholine rings is 1. The number of carbonyl (C=O) groups excluding carboxylic acids is 1. The van der Waals surface area contributed by atoms with Gasteiger partial charge in [-0.2, -0.15) is 0 Å². The molecule has 24 heavy (non-hydrogen) atoms. The molecule has 3 rings (SSSR count). The number of likely N-dealkylation sites (tertiary alicyclic amines) is 1. The van der Waals surface area contributed by atoms with E-state index in [-0.39, 0.29) is 31.8 Å². The van der Waals surface area contributed by atoms with Gasteiger partial charge in [0.05, 0.1) is 6.61 Å². The summed E-state index contributed by atoms with van der Waals surface area (Å²) in [6, 6.07) is 8.30. The normalized spacial score (nSPS) is 24.8. The van der Waals surface area contributed by atoms with Crippen LogP contribution in [0.15, 0.2) is 24.3 Å². The quantitative estimate of drug-likeness (QED) is 0.849. The first-order valence-corrected chi connectivity index (χ1v) is 8.49. The third-order valence-corrected chi connectivity index (χ3v) is 4.72. The molecule has 0 aromatic heterocycles. The lowest BCUT2D eigenvalue weighted by atomic mass is 10.1. The highest BCUT2D eigenvalue weighted by atomic mass is 19.3. The Morgan fingerprint density at radius 3 is 2.75 bits per heavy atom. The fraction of sp³-hybridized carbons (Fsp3) is 0.611. The molecule has 0 radical (unpaired) electrons. The van der Waals surface area contributed by atoms with E-state index in [1.807, 2.05) is 6.07 Å². The smallest absolute Gasteiger partial charge is 0.253 e. The minimum absolute atomic E-state index is 0.115. The molecule has 0 aliphatic carbocycles. The van der Waals surface area contributed by atoms with Gasteiger partial charge >= 0.3 is 0 Å². The Kier molecular flexibility index (Phi) is 5.15. The zero-order valence-corrected chi connectivity index (χ0v) is 14.0. The van der Waals surface area contributed by atoms with Crippen LogP contribution in [0.25, 0.3) is 0 Å². The summed E-state index contributed by atoms with van der Waals surface area (Å²) < 4.78 is 32.1. The number of halogens is 2. The van der Waals surface area contributed by atoms with Crippen LogP contribution in [-0.4, -0.2) is 60.5 Å². The van der Waals surface area contributed by atoms with Crippen LogP contribution in [0.1, 0.15) is 24.0 Å². The fourth-order valence-electron chi connectivity index (χ4n) is 3.32. The highest BCUT2D eigenvalue weighted by Crippen LogP contribution is 2.28. The van der Waals surface area contributed by atoms with Gasteiger partial charge in [-0.3, -0.25) is 9.69 Å². The van der Waals surface area contributed by atoms with Gasteiger partial charge < -0.3 is 9.64 Å². The van der Waals surface area contributed by atoms with Crippen LogP contribution in [0.5, 0.6) is 0 Å². The van der Waals surface area contributed by atoms with Crippen molar-refractivity contribution in [2.24, 2.45) is 0 Å². The molecule has 0 N–H and O–H groups in total. The van der Waals surface area contributed by atoms with Crippen molar-refractivity contribution in [3.63, 3.8) is 0 Å². The molecular weight excluding hydrogens is 314 g/mol. The predicted molar refractivity (Wildman–Crippen MR) is 87.0 cm³/mol. The summed E-state index contributed by atoms with van der Waals surface area (Å²) in [5.41, 5.74) is 2.42. The number of aryl methyl sites for hydroxylation is 1. The van der Waals surface area contributed by atoms with E-state index in [0.717, 1.165) is 13.1 Å². The molecule has 1 amide bonds. The van der Waals surface area contributed by atoms with Gasteiger partial charge in [-0.05, 0) is 12.5 Å². The second kappa shape index (κ2) is 7.15. The minimum atomic E-state index is -2.64. The number of carbonyl (C=O) groups is 1. The van der Waals surface area contributed by atoms with Crippen molar-refractivity contribution in [2.75, 3.05) is 32.8 Å². The summed E-state index contributed by atoms with van der Waals surface area (Å²) in [7, 11) is 0. The molecular formula is C18H24F2N2O2. The van der Waals surface area contributed by atoms with E-state index in [1.165, 1.54) is 16.0 Å². The van der Waals surface area contributed by atoms with E-state index in [9.17, 15) is 13.6 Å². The molecule has 2 aliphatic rings. The van der Waals surface area contributed by atoms with Crippen LogP contribution in [0.4, 0.5) is 8.78 Å². The second-order valence-electron chi connectivity index (χ2n) is 6.76. The molecule has 0 bridgehead atoms. The molecule has 132 valence electrons. The van der Waals surface area contributed by atoms with Crippen molar-refractivity contribution in [1.82, 2.24) is 9.80 Å². The van der Waals surface area contributed by atoms with E-state index < -0.39 is 12.0 Å². The Balaban J connectivity index is 1.56. The van der Waals surface area contributed by atoms with Crippen LogP contribution < -0.4 is 0 Å². The van der Waals surface area contributed by atoms with Crippen molar-refractivity contribution >= 4 is 5.91 Å². The molecule has 2 aliphatic heterocycles. The van der Waals surface area contributed by atoms with Crippen LogP contribution in [0.2, 0.25) is 0 Å². The number of alkyl halides is 2. The van der Waals surface area contributed by atoms with E-state index in [1.54, 1.807) is 0 Å². The molecule has 1 aromatic carbocycles. The predicted octanol–water partition coefficient (Wildman–Crippen LogP) is 2.45.